The number of aromatic nitrogens is 3. The van der Waals surface area contributed by atoms with Crippen molar-refractivity contribution in [3.05, 3.63) is 63.5 Å². The summed E-state index contributed by atoms with van der Waals surface area (Å²) in [7, 11) is -3.34. The van der Waals surface area contributed by atoms with E-state index in [-0.39, 0.29) is 72.3 Å². The molecule has 2 aromatic heterocycles. The smallest absolute Gasteiger partial charge is 0.278 e. The molecule has 9 nitrogen and oxygen atoms in total. The summed E-state index contributed by atoms with van der Waals surface area (Å²) in [5.74, 6) is -5.54. The molecule has 2 saturated heterocycles. The summed E-state index contributed by atoms with van der Waals surface area (Å²) in [6, 6.07) is 7.18. The van der Waals surface area contributed by atoms with Crippen molar-refractivity contribution < 1.29 is 21.6 Å². The van der Waals surface area contributed by atoms with Crippen molar-refractivity contribution in [2.45, 2.75) is 128 Å². The number of alkyl halides is 2. The van der Waals surface area contributed by atoms with E-state index in [4.69, 9.17) is 0 Å². The third-order valence-corrected chi connectivity index (χ3v) is 13.2. The fourth-order valence-electron chi connectivity index (χ4n) is 8.79. The van der Waals surface area contributed by atoms with Gasteiger partial charge in [0.15, 0.2) is 0 Å². The third-order valence-electron chi connectivity index (χ3n) is 11.5. The summed E-state index contributed by atoms with van der Waals surface area (Å²) in [5.41, 5.74) is -1.78. The molecule has 7 rings (SSSR count). The second-order valence-electron chi connectivity index (χ2n) is 14.9. The molecule has 0 amide bonds. The van der Waals surface area contributed by atoms with Crippen molar-refractivity contribution >= 4 is 26.7 Å². The van der Waals surface area contributed by atoms with Crippen LogP contribution in [0.15, 0.2) is 35.4 Å². The first-order chi connectivity index (χ1) is 23.7. The maximum Gasteiger partial charge on any atom is 0.278 e. The predicted octanol–water partition coefficient (Wildman–Crippen LogP) is 7.01. The number of rotatable bonds is 1. The summed E-state index contributed by atoms with van der Waals surface area (Å²) < 4.78 is 75.2. The Morgan fingerprint density at radius 2 is 1.64 bits per heavy atom. The minimum atomic E-state index is -3.39. The van der Waals surface area contributed by atoms with Crippen LogP contribution in [0.3, 0.4) is 0 Å². The molecule has 1 aromatic carbocycles. The van der Waals surface area contributed by atoms with Gasteiger partial charge in [0.25, 0.3) is 11.5 Å². The summed E-state index contributed by atoms with van der Waals surface area (Å²) in [6.45, 7) is 8.13. The predicted molar refractivity (Wildman–Crippen MR) is 187 cm³/mol. The molecule has 6 heterocycles. The summed E-state index contributed by atoms with van der Waals surface area (Å²) >= 11 is 0. The lowest BCUT2D eigenvalue weighted by Gasteiger charge is -2.47. The first-order valence-electron chi connectivity index (χ1n) is 17.9. The molecule has 4 aliphatic heterocycles. The molecule has 50 heavy (non-hydrogen) atoms. The van der Waals surface area contributed by atoms with Crippen LogP contribution in [0.1, 0.15) is 108 Å². The third kappa shape index (κ3) is 6.65. The van der Waals surface area contributed by atoms with Gasteiger partial charge in [0.2, 0.25) is 0 Å². The monoisotopic (exact) mass is 712 g/mol. The molecule has 1 N–H and O–H groups in total. The quantitative estimate of drug-likeness (QED) is 0.286. The molecular formula is C37H47F3N6O3S. The Bertz CT molecular complexity index is 1940. The fourth-order valence-corrected chi connectivity index (χ4v) is 10.3. The molecule has 2 fully saturated rings. The van der Waals surface area contributed by atoms with Crippen molar-refractivity contribution in [3.63, 3.8) is 0 Å². The van der Waals surface area contributed by atoms with E-state index in [0.717, 1.165) is 25.7 Å². The van der Waals surface area contributed by atoms with Crippen molar-refractivity contribution in [2.75, 3.05) is 16.8 Å². The van der Waals surface area contributed by atoms with E-state index in [9.17, 15) is 18.5 Å². The number of sulfone groups is 1. The van der Waals surface area contributed by atoms with Crippen LogP contribution < -0.4 is 10.9 Å². The number of hydrogen-bond acceptors (Lipinski definition) is 8. The molecule has 4 atom stereocenters. The van der Waals surface area contributed by atoms with E-state index in [1.165, 1.54) is 24.5 Å². The number of aryl methyl sites for hydroxylation is 1. The minimum absolute atomic E-state index is 0.0148. The van der Waals surface area contributed by atoms with E-state index in [0.29, 0.717) is 24.0 Å². The average Bonchev–Trinajstić information content (AvgIpc) is 3.06. The van der Waals surface area contributed by atoms with Crippen LogP contribution in [0, 0.1) is 23.1 Å². The van der Waals surface area contributed by atoms with Crippen LogP contribution in [0.5, 0.6) is 0 Å². The topological polar surface area (TPSA) is 121 Å². The second kappa shape index (κ2) is 13.9. The Kier molecular flexibility index (Phi) is 10.1. The maximum absolute atomic E-state index is 16.3. The first kappa shape index (κ1) is 36.3. The standard InChI is InChI=1S/C37H47F3N6O3S/c1-23-10-7-5-6-8-15-45-34-29(20-31(35(45)47)36(21-41)13-16-50(48,49)17-14-36)33(42-22-43-34)44-26(4)28-11-9-12-30(32(28)38)37(39,40)27-18-24(2)46(23)25(3)19-27/h9,11-12,20,22-27H,5-8,10,13-19H2,1-4H3,(H,42,43,44)/t23?,24?,25?,26-,27?/m1/s1. The van der Waals surface area contributed by atoms with E-state index < -0.39 is 50.1 Å². The lowest BCUT2D eigenvalue weighted by atomic mass is 9.77. The minimum Gasteiger partial charge on any atom is -0.363 e. The van der Waals surface area contributed by atoms with Gasteiger partial charge in [0, 0.05) is 41.7 Å². The van der Waals surface area contributed by atoms with Crippen molar-refractivity contribution in [1.82, 2.24) is 19.4 Å². The second-order valence-corrected chi connectivity index (χ2v) is 17.2. The number of fused-ring (bicyclic) bond motifs is 9. The Morgan fingerprint density at radius 3 is 2.32 bits per heavy atom. The molecule has 3 unspecified atom stereocenters. The number of nitriles is 1. The number of hydrogen-bond donors (Lipinski definition) is 1. The molecule has 8 bridgehead atoms. The number of nitrogens with one attached hydrogen (secondary N) is 1. The zero-order chi connectivity index (χ0) is 36.0. The van der Waals surface area contributed by atoms with Gasteiger partial charge in [-0.25, -0.2) is 31.6 Å². The number of piperidine rings is 1. The van der Waals surface area contributed by atoms with E-state index in [1.807, 2.05) is 13.8 Å². The zero-order valence-corrected chi connectivity index (χ0v) is 30.1. The van der Waals surface area contributed by atoms with Crippen molar-refractivity contribution in [2.24, 2.45) is 5.92 Å². The Balaban J connectivity index is 1.46. The number of nitrogens with zero attached hydrogens (tertiary/aromatic N) is 5. The van der Waals surface area contributed by atoms with Gasteiger partial charge >= 0.3 is 0 Å². The molecule has 270 valence electrons. The lowest BCUT2D eigenvalue weighted by Crippen LogP contribution is -2.53. The van der Waals surface area contributed by atoms with Gasteiger partial charge in [-0.1, -0.05) is 37.5 Å². The van der Waals surface area contributed by atoms with Gasteiger partial charge in [-0.05, 0) is 72.3 Å². The molecule has 0 radical (unpaired) electrons. The maximum atomic E-state index is 16.3. The highest BCUT2D eigenvalue weighted by Gasteiger charge is 2.49. The summed E-state index contributed by atoms with van der Waals surface area (Å²) in [6.07, 6.45) is 6.07. The highest BCUT2D eigenvalue weighted by atomic mass is 32.2. The van der Waals surface area contributed by atoms with Gasteiger partial charge in [0.05, 0.1) is 40.0 Å². The Hall–Kier alpha value is -3.50. The summed E-state index contributed by atoms with van der Waals surface area (Å²) in [5, 5.41) is 14.0. The number of pyridine rings is 1. The molecular weight excluding hydrogens is 666 g/mol. The van der Waals surface area contributed by atoms with Crippen molar-refractivity contribution in [3.8, 4) is 6.07 Å². The van der Waals surface area contributed by atoms with Crippen LogP contribution in [0.2, 0.25) is 0 Å². The summed E-state index contributed by atoms with van der Waals surface area (Å²) in [4.78, 5) is 25.4. The normalized spacial score (nSPS) is 29.8. The van der Waals surface area contributed by atoms with Gasteiger partial charge in [-0.15, -0.1) is 0 Å². The van der Waals surface area contributed by atoms with E-state index in [2.05, 4.69) is 33.2 Å². The average molecular weight is 713 g/mol. The van der Waals surface area contributed by atoms with E-state index in [1.54, 1.807) is 17.6 Å². The van der Waals surface area contributed by atoms with Crippen LogP contribution in [0.4, 0.5) is 19.0 Å². The molecule has 0 aliphatic carbocycles. The van der Waals surface area contributed by atoms with Gasteiger partial charge in [-0.2, -0.15) is 5.26 Å². The van der Waals surface area contributed by atoms with Crippen LogP contribution in [0.25, 0.3) is 11.0 Å². The molecule has 0 saturated carbocycles. The van der Waals surface area contributed by atoms with Crippen LogP contribution in [-0.2, 0) is 27.7 Å². The molecule has 13 heteroatoms. The largest absolute Gasteiger partial charge is 0.363 e. The SMILES string of the molecule is CC1CCCCCCn2c(=O)c(C3(C#N)CCS(=O)(=O)CC3)cc3c(ncnc32)N[C@H](C)c2cccc(c2F)C(F)(F)C2CC(C)N1C(C)C2. The van der Waals surface area contributed by atoms with Crippen LogP contribution in [-0.4, -0.2) is 57.5 Å². The number of benzene rings is 1. The fraction of sp³-hybridized carbons (Fsp3) is 0.622. The van der Waals surface area contributed by atoms with Gasteiger partial charge in [-0.3, -0.25) is 14.3 Å². The van der Waals surface area contributed by atoms with Crippen molar-refractivity contribution in [1.29, 1.82) is 5.26 Å². The van der Waals surface area contributed by atoms with Gasteiger partial charge in [0.1, 0.15) is 33.4 Å². The van der Waals surface area contributed by atoms with E-state index >= 15 is 13.2 Å². The molecule has 4 aliphatic rings. The van der Waals surface area contributed by atoms with Gasteiger partial charge < -0.3 is 5.32 Å². The zero-order valence-electron chi connectivity index (χ0n) is 29.3. The molecule has 0 spiro atoms. The molecule has 3 aromatic rings. The first-order valence-corrected chi connectivity index (χ1v) is 19.7. The van der Waals surface area contributed by atoms with Crippen LogP contribution >= 0.6 is 0 Å². The highest BCUT2D eigenvalue weighted by molar-refractivity contribution is 7.91. The lowest BCUT2D eigenvalue weighted by molar-refractivity contribution is -0.112. The number of halogens is 3. The number of anilines is 1. The highest BCUT2D eigenvalue weighted by Crippen LogP contribution is 2.47. The Labute approximate surface area is 292 Å². The Morgan fingerprint density at radius 1 is 0.960 bits per heavy atom.